The van der Waals surface area contributed by atoms with E-state index in [1.807, 2.05) is 0 Å². The van der Waals surface area contributed by atoms with Crippen molar-refractivity contribution in [3.05, 3.63) is 53.6 Å². The maximum atomic E-state index is 2.50. The molecular formula is C23H31N2+. The van der Waals surface area contributed by atoms with Crippen molar-refractivity contribution >= 4 is 11.0 Å². The molecule has 3 rings (SSSR count). The van der Waals surface area contributed by atoms with Crippen LogP contribution in [-0.2, 0) is 18.0 Å². The van der Waals surface area contributed by atoms with Crippen LogP contribution in [-0.4, -0.2) is 4.57 Å². The van der Waals surface area contributed by atoms with Crippen molar-refractivity contribution in [3.63, 3.8) is 0 Å². The second-order valence-corrected chi connectivity index (χ2v) is 9.16. The normalized spacial score (nSPS) is 12.8. The molecule has 25 heavy (non-hydrogen) atoms. The molecule has 1 heterocycles. The molecule has 0 radical (unpaired) electrons. The summed E-state index contributed by atoms with van der Waals surface area (Å²) in [7, 11) is 2.18. The van der Waals surface area contributed by atoms with Gasteiger partial charge in [0.1, 0.15) is 5.54 Å². The van der Waals surface area contributed by atoms with Crippen molar-refractivity contribution in [2.75, 3.05) is 0 Å². The van der Waals surface area contributed by atoms with Crippen LogP contribution in [0.1, 0.15) is 52.7 Å². The molecule has 0 N–H and O–H groups in total. The van der Waals surface area contributed by atoms with Crippen molar-refractivity contribution in [2.45, 2.75) is 59.4 Å². The fourth-order valence-electron chi connectivity index (χ4n) is 3.63. The van der Waals surface area contributed by atoms with E-state index in [1.54, 1.807) is 0 Å². The molecule has 2 nitrogen and oxygen atoms in total. The first-order valence-corrected chi connectivity index (χ1v) is 9.13. The molecular weight excluding hydrogens is 304 g/mol. The lowest BCUT2D eigenvalue weighted by molar-refractivity contribution is -0.634. The zero-order chi connectivity index (χ0) is 18.6. The van der Waals surface area contributed by atoms with Gasteiger partial charge in [-0.15, -0.1) is 0 Å². The van der Waals surface area contributed by atoms with Gasteiger partial charge in [-0.1, -0.05) is 45.0 Å². The molecule has 1 aromatic heterocycles. The molecule has 0 aliphatic rings. The van der Waals surface area contributed by atoms with Crippen molar-refractivity contribution in [3.8, 4) is 11.4 Å². The predicted molar refractivity (Wildman–Crippen MR) is 107 cm³/mol. The molecule has 0 amide bonds. The van der Waals surface area contributed by atoms with E-state index in [0.717, 1.165) is 0 Å². The first kappa shape index (κ1) is 17.7. The average molecular weight is 336 g/mol. The van der Waals surface area contributed by atoms with Gasteiger partial charge in [-0.3, -0.25) is 0 Å². The average Bonchev–Trinajstić information content (AvgIpc) is 2.79. The SMILES string of the molecule is Cc1ccccc1-c1n(C(C)(C)C)c2cc(C(C)(C)C)ccc2[n+]1C. The van der Waals surface area contributed by atoms with E-state index in [2.05, 4.69) is 107 Å². The molecule has 2 aromatic carbocycles. The minimum atomic E-state index is -0.00632. The highest BCUT2D eigenvalue weighted by atomic mass is 15.2. The number of aromatic nitrogens is 2. The fraction of sp³-hybridized carbons (Fsp3) is 0.435. The quantitative estimate of drug-likeness (QED) is 0.520. The van der Waals surface area contributed by atoms with Crippen LogP contribution in [0.3, 0.4) is 0 Å². The molecule has 3 aromatic rings. The Morgan fingerprint density at radius 1 is 0.880 bits per heavy atom. The molecule has 0 aliphatic carbocycles. The highest BCUT2D eigenvalue weighted by Gasteiger charge is 2.33. The number of imidazole rings is 1. The van der Waals surface area contributed by atoms with Crippen LogP contribution < -0.4 is 4.57 Å². The van der Waals surface area contributed by atoms with Gasteiger partial charge in [0.15, 0.2) is 11.0 Å². The lowest BCUT2D eigenvalue weighted by atomic mass is 9.87. The monoisotopic (exact) mass is 335 g/mol. The number of rotatable bonds is 1. The van der Waals surface area contributed by atoms with E-state index in [-0.39, 0.29) is 11.0 Å². The Hall–Kier alpha value is -2.09. The van der Waals surface area contributed by atoms with Crippen molar-refractivity contribution in [1.29, 1.82) is 0 Å². The van der Waals surface area contributed by atoms with Crippen LogP contribution in [0.25, 0.3) is 22.4 Å². The standard InChI is InChI=1S/C23H31N2/c1-16-11-9-10-12-18(16)21-24(8)19-14-13-17(22(2,3)4)15-20(19)25(21)23(5,6)7/h9-15H,1-8H3/q+1. The number of benzene rings is 2. The van der Waals surface area contributed by atoms with E-state index in [1.165, 1.54) is 33.5 Å². The zero-order valence-electron chi connectivity index (χ0n) is 16.9. The Morgan fingerprint density at radius 2 is 1.52 bits per heavy atom. The Balaban J connectivity index is 2.45. The molecule has 0 fully saturated rings. The van der Waals surface area contributed by atoms with E-state index in [4.69, 9.17) is 0 Å². The molecule has 132 valence electrons. The Labute approximate surface area is 152 Å². The fourth-order valence-corrected chi connectivity index (χ4v) is 3.63. The molecule has 0 aliphatic heterocycles. The summed E-state index contributed by atoms with van der Waals surface area (Å²) >= 11 is 0. The van der Waals surface area contributed by atoms with Gasteiger partial charge in [0.25, 0.3) is 5.82 Å². The van der Waals surface area contributed by atoms with Gasteiger partial charge >= 0.3 is 0 Å². The van der Waals surface area contributed by atoms with E-state index in [9.17, 15) is 0 Å². The first-order valence-electron chi connectivity index (χ1n) is 9.13. The molecule has 0 spiro atoms. The van der Waals surface area contributed by atoms with Gasteiger partial charge < -0.3 is 0 Å². The second-order valence-electron chi connectivity index (χ2n) is 9.16. The lowest BCUT2D eigenvalue weighted by Gasteiger charge is -2.21. The second kappa shape index (κ2) is 5.72. The van der Waals surface area contributed by atoms with Crippen LogP contribution in [0.4, 0.5) is 0 Å². The number of hydrogen-bond donors (Lipinski definition) is 0. The van der Waals surface area contributed by atoms with E-state index < -0.39 is 0 Å². The Bertz CT molecular complexity index is 931. The summed E-state index contributed by atoms with van der Waals surface area (Å²) in [6.07, 6.45) is 0. The van der Waals surface area contributed by atoms with Crippen molar-refractivity contribution in [1.82, 2.24) is 4.57 Å². The summed E-state index contributed by atoms with van der Waals surface area (Å²) in [4.78, 5) is 0. The number of hydrogen-bond acceptors (Lipinski definition) is 0. The van der Waals surface area contributed by atoms with Gasteiger partial charge in [-0.05, 0) is 62.4 Å². The smallest absolute Gasteiger partial charge is 0.226 e. The van der Waals surface area contributed by atoms with E-state index in [0.29, 0.717) is 0 Å². The topological polar surface area (TPSA) is 8.81 Å². The summed E-state index contributed by atoms with van der Waals surface area (Å²) in [5.74, 6) is 1.27. The van der Waals surface area contributed by atoms with Gasteiger partial charge in [0.2, 0.25) is 0 Å². The maximum Gasteiger partial charge on any atom is 0.290 e. The number of nitrogens with zero attached hydrogens (tertiary/aromatic N) is 2. The van der Waals surface area contributed by atoms with Crippen LogP contribution in [0, 0.1) is 6.92 Å². The van der Waals surface area contributed by atoms with Crippen LogP contribution >= 0.6 is 0 Å². The molecule has 0 bridgehead atoms. The zero-order valence-corrected chi connectivity index (χ0v) is 16.9. The summed E-state index contributed by atoms with van der Waals surface area (Å²) in [5.41, 5.74) is 6.70. The summed E-state index contributed by atoms with van der Waals surface area (Å²) in [5, 5.41) is 0. The maximum absolute atomic E-state index is 2.50. The van der Waals surface area contributed by atoms with E-state index >= 15 is 0 Å². The van der Waals surface area contributed by atoms with Crippen molar-refractivity contribution < 1.29 is 4.57 Å². The summed E-state index contributed by atoms with van der Waals surface area (Å²) in [6, 6.07) is 15.6. The lowest BCUT2D eigenvalue weighted by Crippen LogP contribution is -2.33. The minimum absolute atomic E-state index is 0.00632. The largest absolute Gasteiger partial charge is 0.290 e. The highest BCUT2D eigenvalue weighted by molar-refractivity contribution is 5.78. The third-order valence-corrected chi connectivity index (χ3v) is 5.03. The molecule has 0 atom stereocenters. The summed E-state index contributed by atoms with van der Waals surface area (Å²) in [6.45, 7) is 15.9. The first-order chi connectivity index (χ1) is 11.5. The summed E-state index contributed by atoms with van der Waals surface area (Å²) < 4.78 is 4.84. The van der Waals surface area contributed by atoms with Gasteiger partial charge in [0, 0.05) is 0 Å². The minimum Gasteiger partial charge on any atom is -0.226 e. The van der Waals surface area contributed by atoms with Crippen LogP contribution in [0.15, 0.2) is 42.5 Å². The molecule has 0 unspecified atom stereocenters. The Morgan fingerprint density at radius 3 is 2.08 bits per heavy atom. The molecule has 2 heteroatoms. The van der Waals surface area contributed by atoms with Crippen LogP contribution in [0.2, 0.25) is 0 Å². The van der Waals surface area contributed by atoms with Crippen LogP contribution in [0.5, 0.6) is 0 Å². The third-order valence-electron chi connectivity index (χ3n) is 5.03. The van der Waals surface area contributed by atoms with Crippen molar-refractivity contribution in [2.24, 2.45) is 7.05 Å². The predicted octanol–water partition coefficient (Wildman–Crippen LogP) is 5.49. The van der Waals surface area contributed by atoms with Gasteiger partial charge in [0.05, 0.1) is 12.6 Å². The highest BCUT2D eigenvalue weighted by Crippen LogP contribution is 2.33. The number of fused-ring (bicyclic) bond motifs is 1. The molecule has 0 saturated carbocycles. The molecule has 0 saturated heterocycles. The number of aryl methyl sites for hydroxylation is 2. The third kappa shape index (κ3) is 2.99. The Kier molecular flexibility index (Phi) is 4.06. The van der Waals surface area contributed by atoms with Gasteiger partial charge in [-0.2, -0.15) is 0 Å². The van der Waals surface area contributed by atoms with Gasteiger partial charge in [-0.25, -0.2) is 9.13 Å².